The Morgan fingerprint density at radius 3 is 2.86 bits per heavy atom. The zero-order valence-electron chi connectivity index (χ0n) is 15.4. The van der Waals surface area contributed by atoms with Crippen molar-refractivity contribution in [2.45, 2.75) is 47.5 Å². The van der Waals surface area contributed by atoms with Crippen LogP contribution in [0, 0.1) is 0 Å². The normalized spacial score (nSPS) is 13.9. The fourth-order valence-corrected chi connectivity index (χ4v) is 4.69. The van der Waals surface area contributed by atoms with E-state index >= 15 is 0 Å². The lowest BCUT2D eigenvalue weighted by atomic mass is 10.2. The van der Waals surface area contributed by atoms with E-state index in [1.807, 2.05) is 16.9 Å². The zero-order valence-corrected chi connectivity index (χ0v) is 17.8. The predicted octanol–water partition coefficient (Wildman–Crippen LogP) is 4.25. The van der Waals surface area contributed by atoms with Gasteiger partial charge in [0.1, 0.15) is 11.0 Å². The first kappa shape index (κ1) is 19.5. The molecule has 0 radical (unpaired) electrons. The van der Waals surface area contributed by atoms with E-state index in [-0.39, 0.29) is 12.3 Å². The molecule has 1 saturated carbocycles. The maximum Gasteiger partial charge on any atom is 0.219 e. The van der Waals surface area contributed by atoms with Gasteiger partial charge in [0.25, 0.3) is 0 Å². The van der Waals surface area contributed by atoms with Crippen molar-refractivity contribution in [1.82, 2.24) is 19.7 Å². The van der Waals surface area contributed by atoms with Crippen LogP contribution >= 0.6 is 35.1 Å². The van der Waals surface area contributed by atoms with Crippen molar-refractivity contribution in [3.05, 3.63) is 40.8 Å². The highest BCUT2D eigenvalue weighted by Crippen LogP contribution is 2.40. The van der Waals surface area contributed by atoms with E-state index in [1.165, 1.54) is 0 Å². The second-order valence-electron chi connectivity index (χ2n) is 6.77. The van der Waals surface area contributed by atoms with Crippen molar-refractivity contribution in [2.75, 3.05) is 6.26 Å². The molecule has 6 nitrogen and oxygen atoms in total. The SMILES string of the molecule is CSc1ccc2cc(CSc3nnc(C4CC4)n3CCC(N)=O)c(Cl)nc2c1. The van der Waals surface area contributed by atoms with E-state index in [9.17, 15) is 4.79 Å². The van der Waals surface area contributed by atoms with Gasteiger partial charge in [0.15, 0.2) is 5.16 Å². The van der Waals surface area contributed by atoms with Gasteiger partial charge in [0.05, 0.1) is 5.52 Å². The summed E-state index contributed by atoms with van der Waals surface area (Å²) in [4.78, 5) is 16.9. The minimum Gasteiger partial charge on any atom is -0.370 e. The van der Waals surface area contributed by atoms with Gasteiger partial charge in [-0.05, 0) is 37.3 Å². The third kappa shape index (κ3) is 4.29. The Balaban J connectivity index is 1.55. The molecule has 1 fully saturated rings. The highest BCUT2D eigenvalue weighted by molar-refractivity contribution is 7.98. The zero-order chi connectivity index (χ0) is 19.7. The molecule has 0 saturated heterocycles. The number of pyridine rings is 1. The smallest absolute Gasteiger partial charge is 0.219 e. The molecule has 28 heavy (non-hydrogen) atoms. The number of hydrogen-bond donors (Lipinski definition) is 1. The number of nitrogens with two attached hydrogens (primary N) is 1. The van der Waals surface area contributed by atoms with Crippen LogP contribution in [0.25, 0.3) is 10.9 Å². The number of halogens is 1. The van der Waals surface area contributed by atoms with E-state index in [1.54, 1.807) is 23.5 Å². The minimum atomic E-state index is -0.321. The molecule has 146 valence electrons. The fraction of sp³-hybridized carbons (Fsp3) is 0.368. The van der Waals surface area contributed by atoms with Crippen LogP contribution in [0.1, 0.15) is 36.6 Å². The number of hydrogen-bond acceptors (Lipinski definition) is 6. The number of rotatable bonds is 8. The third-order valence-corrected chi connectivity index (χ3v) is 6.75. The van der Waals surface area contributed by atoms with E-state index in [4.69, 9.17) is 17.3 Å². The maximum absolute atomic E-state index is 11.2. The minimum absolute atomic E-state index is 0.279. The topological polar surface area (TPSA) is 86.7 Å². The average molecular weight is 434 g/mol. The molecule has 2 heterocycles. The van der Waals surface area contributed by atoms with E-state index in [0.29, 0.717) is 23.4 Å². The van der Waals surface area contributed by atoms with Crippen molar-refractivity contribution in [1.29, 1.82) is 0 Å². The van der Waals surface area contributed by atoms with Crippen LogP contribution in [0.3, 0.4) is 0 Å². The number of amides is 1. The third-order valence-electron chi connectivity index (χ3n) is 4.68. The summed E-state index contributed by atoms with van der Waals surface area (Å²) in [6.07, 6.45) is 4.56. The highest BCUT2D eigenvalue weighted by Gasteiger charge is 2.30. The molecule has 0 aliphatic heterocycles. The van der Waals surface area contributed by atoms with Gasteiger partial charge in [0.2, 0.25) is 5.91 Å². The Morgan fingerprint density at radius 1 is 1.32 bits per heavy atom. The number of thioether (sulfide) groups is 2. The summed E-state index contributed by atoms with van der Waals surface area (Å²) in [6, 6.07) is 8.28. The van der Waals surface area contributed by atoms with E-state index in [2.05, 4.69) is 33.4 Å². The summed E-state index contributed by atoms with van der Waals surface area (Å²) >= 11 is 9.68. The average Bonchev–Trinajstić information content (AvgIpc) is 3.44. The molecule has 0 unspecified atom stereocenters. The maximum atomic E-state index is 11.2. The Morgan fingerprint density at radius 2 is 2.14 bits per heavy atom. The monoisotopic (exact) mass is 433 g/mol. The van der Waals surface area contributed by atoms with Crippen molar-refractivity contribution >= 4 is 51.9 Å². The number of nitrogens with zero attached hydrogens (tertiary/aromatic N) is 4. The van der Waals surface area contributed by atoms with Crippen LogP contribution in [0.15, 0.2) is 34.3 Å². The molecule has 4 rings (SSSR count). The van der Waals surface area contributed by atoms with Crippen LogP contribution < -0.4 is 5.73 Å². The predicted molar refractivity (Wildman–Crippen MR) is 114 cm³/mol. The standard InChI is InChI=1S/C19H20ClN5OS2/c1-27-14-5-4-12-8-13(17(20)22-15(12)9-14)10-28-19-24-23-18(11-2-3-11)25(19)7-6-16(21)26/h4-5,8-9,11H,2-3,6-7,10H2,1H3,(H2,21,26). The molecule has 0 spiro atoms. The van der Waals surface area contributed by atoms with Gasteiger partial charge in [-0.2, -0.15) is 0 Å². The Labute approximate surface area is 176 Å². The first-order chi connectivity index (χ1) is 13.5. The first-order valence-corrected chi connectivity index (χ1v) is 11.6. The Bertz CT molecular complexity index is 1030. The number of aromatic nitrogens is 4. The summed E-state index contributed by atoms with van der Waals surface area (Å²) in [5.74, 6) is 1.71. The van der Waals surface area contributed by atoms with Crippen LogP contribution in [-0.4, -0.2) is 31.9 Å². The van der Waals surface area contributed by atoms with Gasteiger partial charge in [-0.1, -0.05) is 29.4 Å². The molecule has 3 aromatic rings. The first-order valence-electron chi connectivity index (χ1n) is 9.02. The second-order valence-corrected chi connectivity index (χ2v) is 8.95. The van der Waals surface area contributed by atoms with E-state index < -0.39 is 0 Å². The summed E-state index contributed by atoms with van der Waals surface area (Å²) in [7, 11) is 0. The van der Waals surface area contributed by atoms with Gasteiger partial charge in [-0.25, -0.2) is 4.98 Å². The lowest BCUT2D eigenvalue weighted by Gasteiger charge is -2.10. The number of carbonyl (C=O) groups excluding carboxylic acids is 1. The van der Waals surface area contributed by atoms with Gasteiger partial charge in [-0.3, -0.25) is 4.79 Å². The fourth-order valence-electron chi connectivity index (χ4n) is 3.02. The summed E-state index contributed by atoms with van der Waals surface area (Å²) in [6.45, 7) is 0.512. The molecule has 2 aromatic heterocycles. The van der Waals surface area contributed by atoms with Crippen molar-refractivity contribution < 1.29 is 4.79 Å². The molecule has 1 aromatic carbocycles. The summed E-state index contributed by atoms with van der Waals surface area (Å²) < 4.78 is 2.03. The molecule has 0 atom stereocenters. The summed E-state index contributed by atoms with van der Waals surface area (Å²) in [5, 5.41) is 11.0. The number of fused-ring (bicyclic) bond motifs is 1. The molecule has 9 heteroatoms. The van der Waals surface area contributed by atoms with Crippen LogP contribution in [-0.2, 0) is 17.1 Å². The van der Waals surface area contributed by atoms with E-state index in [0.717, 1.165) is 45.2 Å². The molecular formula is C19H20ClN5OS2. The molecule has 2 N–H and O–H groups in total. The van der Waals surface area contributed by atoms with Gasteiger partial charge in [0, 0.05) is 40.5 Å². The molecule has 1 amide bonds. The summed E-state index contributed by atoms with van der Waals surface area (Å²) in [5.41, 5.74) is 7.18. The largest absolute Gasteiger partial charge is 0.370 e. The Kier molecular flexibility index (Phi) is 5.80. The number of benzene rings is 1. The van der Waals surface area contributed by atoms with Gasteiger partial charge < -0.3 is 10.3 Å². The number of primary amides is 1. The van der Waals surface area contributed by atoms with Crippen LogP contribution in [0.5, 0.6) is 0 Å². The lowest BCUT2D eigenvalue weighted by molar-refractivity contribution is -0.118. The lowest BCUT2D eigenvalue weighted by Crippen LogP contribution is -2.15. The van der Waals surface area contributed by atoms with Crippen LogP contribution in [0.2, 0.25) is 5.15 Å². The molecule has 1 aliphatic carbocycles. The van der Waals surface area contributed by atoms with Crippen molar-refractivity contribution in [2.24, 2.45) is 5.73 Å². The second kappa shape index (κ2) is 8.31. The Hall–Kier alpha value is -1.77. The quantitative estimate of drug-likeness (QED) is 0.422. The van der Waals surface area contributed by atoms with Gasteiger partial charge >= 0.3 is 0 Å². The van der Waals surface area contributed by atoms with Crippen molar-refractivity contribution in [3.63, 3.8) is 0 Å². The van der Waals surface area contributed by atoms with Gasteiger partial charge in [-0.15, -0.1) is 22.0 Å². The van der Waals surface area contributed by atoms with Crippen molar-refractivity contribution in [3.8, 4) is 0 Å². The molecular weight excluding hydrogens is 414 g/mol. The highest BCUT2D eigenvalue weighted by atomic mass is 35.5. The van der Waals surface area contributed by atoms with Crippen LogP contribution in [0.4, 0.5) is 0 Å². The number of carbonyl (C=O) groups is 1. The molecule has 1 aliphatic rings. The molecule has 0 bridgehead atoms.